The van der Waals surface area contributed by atoms with E-state index in [0.717, 1.165) is 24.6 Å². The molecule has 2 rings (SSSR count). The molecule has 0 amide bonds. The first-order chi connectivity index (χ1) is 10.6. The Labute approximate surface area is 132 Å². The van der Waals surface area contributed by atoms with Crippen LogP contribution in [0, 0.1) is 12.7 Å². The molecular weight excluding hydrogens is 279 g/mol. The van der Waals surface area contributed by atoms with Crippen molar-refractivity contribution in [3.8, 4) is 0 Å². The van der Waals surface area contributed by atoms with E-state index in [1.165, 1.54) is 19.4 Å². The second-order valence-electron chi connectivity index (χ2n) is 5.81. The summed E-state index contributed by atoms with van der Waals surface area (Å²) in [5.41, 5.74) is 1.59. The Bertz CT molecular complexity index is 515. The van der Waals surface area contributed by atoms with E-state index in [-0.39, 0.29) is 5.82 Å². The van der Waals surface area contributed by atoms with Gasteiger partial charge in [0, 0.05) is 26.2 Å². The Morgan fingerprint density at radius 2 is 2.23 bits per heavy atom. The van der Waals surface area contributed by atoms with Crippen LogP contribution in [0.3, 0.4) is 0 Å². The number of aryl methyl sites for hydroxylation is 1. The fraction of sp³-hybridized carbons (Fsp3) is 0.588. The van der Waals surface area contributed by atoms with Gasteiger partial charge in [0.15, 0.2) is 5.96 Å². The number of likely N-dealkylation sites (tertiary alicyclic amines) is 1. The Morgan fingerprint density at radius 3 is 2.91 bits per heavy atom. The number of rotatable bonds is 5. The molecular formula is C17H27FN4. The molecule has 122 valence electrons. The van der Waals surface area contributed by atoms with Crippen molar-refractivity contribution in [2.24, 2.45) is 4.99 Å². The van der Waals surface area contributed by atoms with E-state index in [4.69, 9.17) is 0 Å². The van der Waals surface area contributed by atoms with Crippen LogP contribution in [0.1, 0.15) is 30.9 Å². The number of likely N-dealkylation sites (N-methyl/N-ethyl adjacent to an activating group) is 1. The number of aliphatic imine (C=N–C) groups is 1. The predicted molar refractivity (Wildman–Crippen MR) is 89.6 cm³/mol. The number of hydrogen-bond acceptors (Lipinski definition) is 2. The van der Waals surface area contributed by atoms with E-state index in [1.807, 2.05) is 6.07 Å². The maximum Gasteiger partial charge on any atom is 0.191 e. The molecule has 1 atom stereocenters. The van der Waals surface area contributed by atoms with Gasteiger partial charge in [0.05, 0.1) is 0 Å². The van der Waals surface area contributed by atoms with Gasteiger partial charge < -0.3 is 10.6 Å². The van der Waals surface area contributed by atoms with E-state index in [1.54, 1.807) is 26.1 Å². The lowest BCUT2D eigenvalue weighted by Crippen LogP contribution is -2.44. The molecule has 1 saturated heterocycles. The number of nitrogens with one attached hydrogen (secondary N) is 2. The van der Waals surface area contributed by atoms with Gasteiger partial charge >= 0.3 is 0 Å². The van der Waals surface area contributed by atoms with Crippen molar-refractivity contribution in [2.75, 3.05) is 26.7 Å². The van der Waals surface area contributed by atoms with Crippen molar-refractivity contribution in [1.82, 2.24) is 15.5 Å². The minimum Gasteiger partial charge on any atom is -0.355 e. The molecule has 0 aliphatic carbocycles. The molecule has 1 aromatic carbocycles. The highest BCUT2D eigenvalue weighted by Gasteiger charge is 2.22. The van der Waals surface area contributed by atoms with Crippen molar-refractivity contribution in [3.05, 3.63) is 35.1 Å². The summed E-state index contributed by atoms with van der Waals surface area (Å²) >= 11 is 0. The van der Waals surface area contributed by atoms with Crippen LogP contribution in [0.25, 0.3) is 0 Å². The summed E-state index contributed by atoms with van der Waals surface area (Å²) in [6, 6.07) is 5.90. The number of hydrogen-bond donors (Lipinski definition) is 2. The maximum absolute atomic E-state index is 13.5. The van der Waals surface area contributed by atoms with Crippen molar-refractivity contribution in [3.63, 3.8) is 0 Å². The Morgan fingerprint density at radius 1 is 1.41 bits per heavy atom. The van der Waals surface area contributed by atoms with Crippen molar-refractivity contribution in [2.45, 2.75) is 39.3 Å². The largest absolute Gasteiger partial charge is 0.355 e. The van der Waals surface area contributed by atoms with Gasteiger partial charge in [-0.3, -0.25) is 9.89 Å². The highest BCUT2D eigenvalue weighted by Crippen LogP contribution is 2.15. The first-order valence-electron chi connectivity index (χ1n) is 8.07. The highest BCUT2D eigenvalue weighted by atomic mass is 19.1. The summed E-state index contributed by atoms with van der Waals surface area (Å²) in [7, 11) is 1.76. The normalized spacial score (nSPS) is 19.5. The summed E-state index contributed by atoms with van der Waals surface area (Å²) in [5, 5.41) is 6.62. The number of benzene rings is 1. The van der Waals surface area contributed by atoms with Crippen LogP contribution in [-0.2, 0) is 6.54 Å². The average molecular weight is 306 g/mol. The van der Waals surface area contributed by atoms with Gasteiger partial charge in [-0.2, -0.15) is 0 Å². The smallest absolute Gasteiger partial charge is 0.191 e. The SMILES string of the molecule is CCN1CCCC1CNC(=NC)NCc1ccc(C)c(F)c1. The third kappa shape index (κ3) is 4.44. The fourth-order valence-corrected chi connectivity index (χ4v) is 2.91. The standard InChI is InChI=1S/C17H27FN4/c1-4-22-9-5-6-15(22)12-21-17(19-3)20-11-14-8-7-13(2)16(18)10-14/h7-8,10,15H,4-6,9,11-12H2,1-3H3,(H2,19,20,21). The topological polar surface area (TPSA) is 39.7 Å². The Hall–Kier alpha value is -1.62. The summed E-state index contributed by atoms with van der Waals surface area (Å²) in [4.78, 5) is 6.73. The minimum atomic E-state index is -0.160. The van der Waals surface area contributed by atoms with Crippen LogP contribution in [0.5, 0.6) is 0 Å². The number of halogens is 1. The molecule has 0 aromatic heterocycles. The van der Waals surface area contributed by atoms with E-state index in [0.29, 0.717) is 18.2 Å². The molecule has 1 aliphatic heterocycles. The lowest BCUT2D eigenvalue weighted by Gasteiger charge is -2.24. The Kier molecular flexibility index (Phi) is 6.19. The van der Waals surface area contributed by atoms with E-state index in [9.17, 15) is 4.39 Å². The quantitative estimate of drug-likeness (QED) is 0.648. The zero-order valence-electron chi connectivity index (χ0n) is 13.8. The molecule has 1 aliphatic rings. The zero-order chi connectivity index (χ0) is 15.9. The van der Waals surface area contributed by atoms with E-state index >= 15 is 0 Å². The van der Waals surface area contributed by atoms with E-state index < -0.39 is 0 Å². The molecule has 5 heteroatoms. The van der Waals surface area contributed by atoms with Gasteiger partial charge in [0.2, 0.25) is 0 Å². The monoisotopic (exact) mass is 306 g/mol. The van der Waals surface area contributed by atoms with E-state index in [2.05, 4.69) is 27.4 Å². The molecule has 4 nitrogen and oxygen atoms in total. The summed E-state index contributed by atoms with van der Waals surface area (Å²) in [5.74, 6) is 0.607. The molecule has 0 bridgehead atoms. The first kappa shape index (κ1) is 16.7. The first-order valence-corrected chi connectivity index (χ1v) is 8.07. The van der Waals surface area contributed by atoms with Crippen LogP contribution >= 0.6 is 0 Å². The molecule has 22 heavy (non-hydrogen) atoms. The van der Waals surface area contributed by atoms with Gasteiger partial charge in [-0.15, -0.1) is 0 Å². The summed E-state index contributed by atoms with van der Waals surface area (Å²) in [6.07, 6.45) is 2.51. The lowest BCUT2D eigenvalue weighted by molar-refractivity contribution is 0.267. The molecule has 0 radical (unpaired) electrons. The van der Waals surface area contributed by atoms with Crippen LogP contribution in [0.15, 0.2) is 23.2 Å². The van der Waals surface area contributed by atoms with Gasteiger partial charge in [0.25, 0.3) is 0 Å². The van der Waals surface area contributed by atoms with Gasteiger partial charge in [-0.1, -0.05) is 19.1 Å². The van der Waals surface area contributed by atoms with Crippen molar-refractivity contribution < 1.29 is 4.39 Å². The molecule has 0 spiro atoms. The van der Waals surface area contributed by atoms with Crippen LogP contribution in [0.4, 0.5) is 4.39 Å². The maximum atomic E-state index is 13.5. The van der Waals surface area contributed by atoms with Crippen LogP contribution < -0.4 is 10.6 Å². The third-order valence-electron chi connectivity index (χ3n) is 4.33. The zero-order valence-corrected chi connectivity index (χ0v) is 13.8. The lowest BCUT2D eigenvalue weighted by atomic mass is 10.1. The predicted octanol–water partition coefficient (Wildman–Crippen LogP) is 2.28. The number of guanidine groups is 1. The van der Waals surface area contributed by atoms with Crippen molar-refractivity contribution in [1.29, 1.82) is 0 Å². The van der Waals surface area contributed by atoms with Crippen LogP contribution in [0.2, 0.25) is 0 Å². The second kappa shape index (κ2) is 8.13. The molecule has 0 saturated carbocycles. The van der Waals surface area contributed by atoms with Gasteiger partial charge in [0.1, 0.15) is 5.82 Å². The van der Waals surface area contributed by atoms with Crippen LogP contribution in [-0.4, -0.2) is 43.6 Å². The minimum absolute atomic E-state index is 0.160. The summed E-state index contributed by atoms with van der Waals surface area (Å²) < 4.78 is 13.5. The highest BCUT2D eigenvalue weighted by molar-refractivity contribution is 5.79. The molecule has 2 N–H and O–H groups in total. The number of nitrogens with zero attached hydrogens (tertiary/aromatic N) is 2. The second-order valence-corrected chi connectivity index (χ2v) is 5.81. The third-order valence-corrected chi connectivity index (χ3v) is 4.33. The van der Waals surface area contributed by atoms with Gasteiger partial charge in [-0.05, 0) is 50.0 Å². The molecule has 1 fully saturated rings. The fourth-order valence-electron chi connectivity index (χ4n) is 2.91. The molecule has 1 aromatic rings. The van der Waals surface area contributed by atoms with Crippen molar-refractivity contribution >= 4 is 5.96 Å². The van der Waals surface area contributed by atoms with Gasteiger partial charge in [-0.25, -0.2) is 4.39 Å². The Balaban J connectivity index is 1.81. The molecule has 1 heterocycles. The average Bonchev–Trinajstić information content (AvgIpc) is 2.98. The summed E-state index contributed by atoms with van der Waals surface area (Å²) in [6.45, 7) is 7.73. The molecule has 1 unspecified atom stereocenters.